The first-order chi connectivity index (χ1) is 10.2. The Morgan fingerprint density at radius 3 is 2.52 bits per heavy atom. The zero-order valence-electron chi connectivity index (χ0n) is 11.4. The molecular weight excluding hydrogens is 276 g/mol. The normalized spacial score (nSPS) is 13.8. The van der Waals surface area contributed by atoms with Gasteiger partial charge in [-0.3, -0.25) is 0 Å². The first kappa shape index (κ1) is 13.5. The van der Waals surface area contributed by atoms with E-state index in [1.54, 1.807) is 31.4 Å². The van der Waals surface area contributed by atoms with Gasteiger partial charge in [-0.1, -0.05) is 12.1 Å². The molecule has 0 saturated heterocycles. The van der Waals surface area contributed by atoms with E-state index in [1.807, 2.05) is 0 Å². The van der Waals surface area contributed by atoms with Gasteiger partial charge >= 0.3 is 0 Å². The lowest BCUT2D eigenvalue weighted by Crippen LogP contribution is -2.07. The number of aliphatic imine (C=N–C) groups is 1. The van der Waals surface area contributed by atoms with Gasteiger partial charge in [-0.05, 0) is 23.8 Å². The van der Waals surface area contributed by atoms with Crippen LogP contribution in [0.1, 0.15) is 5.56 Å². The highest BCUT2D eigenvalue weighted by molar-refractivity contribution is 6.01. The Balaban J connectivity index is 2.15. The molecule has 1 aliphatic heterocycles. The Labute approximate surface area is 120 Å². The Kier molecular flexibility index (Phi) is 3.56. The van der Waals surface area contributed by atoms with E-state index >= 15 is 0 Å². The molecule has 0 amide bonds. The minimum atomic E-state index is -0.679. The summed E-state index contributed by atoms with van der Waals surface area (Å²) in [5.74, 6) is -0.424. The summed E-state index contributed by atoms with van der Waals surface area (Å²) >= 11 is 0. The summed E-state index contributed by atoms with van der Waals surface area (Å²) in [5, 5.41) is 0. The van der Waals surface area contributed by atoms with Crippen LogP contribution >= 0.6 is 0 Å². The Morgan fingerprint density at radius 1 is 1.14 bits per heavy atom. The zero-order chi connectivity index (χ0) is 14.8. The number of methoxy groups -OCH3 is 1. The minimum Gasteiger partial charge on any atom is -0.497 e. The number of rotatable bonds is 3. The van der Waals surface area contributed by atoms with Crippen molar-refractivity contribution in [1.82, 2.24) is 0 Å². The van der Waals surface area contributed by atoms with Crippen molar-refractivity contribution in [2.24, 2.45) is 4.99 Å². The molecule has 0 aromatic heterocycles. The third-order valence-corrected chi connectivity index (χ3v) is 3.26. The predicted octanol–water partition coefficient (Wildman–Crippen LogP) is 3.42. The number of ether oxygens (including phenoxy) is 2. The average Bonchev–Trinajstić information content (AvgIpc) is 3.00. The molecular formula is C16H13F2NO2. The molecule has 0 bridgehead atoms. The molecule has 108 valence electrons. The molecule has 0 atom stereocenters. The van der Waals surface area contributed by atoms with E-state index in [1.165, 1.54) is 6.07 Å². The molecule has 0 aliphatic carbocycles. The second-order valence-electron chi connectivity index (χ2n) is 4.57. The molecule has 3 rings (SSSR count). The molecule has 0 spiro atoms. The number of hydrogen-bond acceptors (Lipinski definition) is 3. The number of hydrogen-bond donors (Lipinski definition) is 0. The van der Waals surface area contributed by atoms with Gasteiger partial charge in [0.2, 0.25) is 5.90 Å². The molecule has 5 heteroatoms. The van der Waals surface area contributed by atoms with Crippen LogP contribution in [-0.2, 0) is 4.74 Å². The van der Waals surface area contributed by atoms with E-state index in [0.29, 0.717) is 30.0 Å². The predicted molar refractivity (Wildman–Crippen MR) is 75.7 cm³/mol. The molecule has 1 heterocycles. The molecule has 21 heavy (non-hydrogen) atoms. The summed E-state index contributed by atoms with van der Waals surface area (Å²) in [6.45, 7) is 0.891. The van der Waals surface area contributed by atoms with Gasteiger partial charge in [-0.25, -0.2) is 13.8 Å². The summed E-state index contributed by atoms with van der Waals surface area (Å²) in [6, 6.07) is 9.08. The summed E-state index contributed by atoms with van der Waals surface area (Å²) < 4.78 is 38.2. The van der Waals surface area contributed by atoms with Crippen LogP contribution in [0.4, 0.5) is 8.78 Å². The van der Waals surface area contributed by atoms with E-state index in [4.69, 9.17) is 9.47 Å². The van der Waals surface area contributed by atoms with Crippen LogP contribution in [0.15, 0.2) is 41.4 Å². The number of halogens is 2. The SMILES string of the molecule is COc1ccc(-c2cc(F)cc(F)c2C2=NCCO2)cc1. The van der Waals surface area contributed by atoms with Crippen molar-refractivity contribution in [3.63, 3.8) is 0 Å². The largest absolute Gasteiger partial charge is 0.497 e. The monoisotopic (exact) mass is 289 g/mol. The first-order valence-electron chi connectivity index (χ1n) is 6.50. The van der Waals surface area contributed by atoms with Gasteiger partial charge in [0, 0.05) is 11.6 Å². The van der Waals surface area contributed by atoms with Crippen LogP contribution < -0.4 is 4.74 Å². The lowest BCUT2D eigenvalue weighted by Gasteiger charge is -2.12. The van der Waals surface area contributed by atoms with E-state index in [-0.39, 0.29) is 11.5 Å². The third-order valence-electron chi connectivity index (χ3n) is 3.26. The molecule has 2 aromatic carbocycles. The van der Waals surface area contributed by atoms with Crippen LogP contribution in [0.3, 0.4) is 0 Å². The van der Waals surface area contributed by atoms with Crippen LogP contribution in [0.5, 0.6) is 5.75 Å². The fourth-order valence-electron chi connectivity index (χ4n) is 2.28. The molecule has 0 N–H and O–H groups in total. The van der Waals surface area contributed by atoms with E-state index in [2.05, 4.69) is 4.99 Å². The standard InChI is InChI=1S/C16H13F2NO2/c1-20-12-4-2-10(3-5-12)13-8-11(17)9-14(18)15(13)16-19-6-7-21-16/h2-5,8-9H,6-7H2,1H3. The highest BCUT2D eigenvalue weighted by atomic mass is 19.1. The van der Waals surface area contributed by atoms with Crippen molar-refractivity contribution < 1.29 is 18.3 Å². The molecule has 0 unspecified atom stereocenters. The molecule has 2 aromatic rings. The maximum atomic E-state index is 14.2. The van der Waals surface area contributed by atoms with Gasteiger partial charge in [0.05, 0.1) is 19.2 Å². The second kappa shape index (κ2) is 5.52. The smallest absolute Gasteiger partial charge is 0.219 e. The van der Waals surface area contributed by atoms with Crippen molar-refractivity contribution in [3.05, 3.63) is 53.6 Å². The fourth-order valence-corrected chi connectivity index (χ4v) is 2.28. The van der Waals surface area contributed by atoms with E-state index < -0.39 is 11.6 Å². The molecule has 0 radical (unpaired) electrons. The first-order valence-corrected chi connectivity index (χ1v) is 6.50. The highest BCUT2D eigenvalue weighted by Gasteiger charge is 2.21. The zero-order valence-corrected chi connectivity index (χ0v) is 11.4. The topological polar surface area (TPSA) is 30.8 Å². The quantitative estimate of drug-likeness (QED) is 0.867. The van der Waals surface area contributed by atoms with Crippen LogP contribution in [0.25, 0.3) is 11.1 Å². The average molecular weight is 289 g/mol. The van der Waals surface area contributed by atoms with Crippen LogP contribution in [-0.4, -0.2) is 26.2 Å². The van der Waals surface area contributed by atoms with E-state index in [0.717, 1.165) is 6.07 Å². The lowest BCUT2D eigenvalue weighted by molar-refractivity contribution is 0.347. The fraction of sp³-hybridized carbons (Fsp3) is 0.188. The molecule has 0 saturated carbocycles. The van der Waals surface area contributed by atoms with Crippen LogP contribution in [0.2, 0.25) is 0 Å². The van der Waals surface area contributed by atoms with Crippen molar-refractivity contribution in [1.29, 1.82) is 0 Å². The number of benzene rings is 2. The van der Waals surface area contributed by atoms with Crippen molar-refractivity contribution in [2.75, 3.05) is 20.3 Å². The van der Waals surface area contributed by atoms with Gasteiger partial charge in [0.15, 0.2) is 0 Å². The lowest BCUT2D eigenvalue weighted by atomic mass is 9.98. The van der Waals surface area contributed by atoms with Gasteiger partial charge in [0.1, 0.15) is 24.0 Å². The maximum absolute atomic E-state index is 14.2. The molecule has 0 fully saturated rings. The number of nitrogens with zero attached hydrogens (tertiary/aromatic N) is 1. The van der Waals surface area contributed by atoms with Gasteiger partial charge in [-0.15, -0.1) is 0 Å². The Morgan fingerprint density at radius 2 is 1.90 bits per heavy atom. The maximum Gasteiger partial charge on any atom is 0.219 e. The third kappa shape index (κ3) is 2.59. The molecule has 3 nitrogen and oxygen atoms in total. The Bertz CT molecular complexity index is 696. The van der Waals surface area contributed by atoms with E-state index in [9.17, 15) is 8.78 Å². The minimum absolute atomic E-state index is 0.194. The summed E-state index contributed by atoms with van der Waals surface area (Å²) in [5.41, 5.74) is 1.28. The second-order valence-corrected chi connectivity index (χ2v) is 4.57. The van der Waals surface area contributed by atoms with Gasteiger partial charge in [0.25, 0.3) is 0 Å². The Hall–Kier alpha value is -2.43. The van der Waals surface area contributed by atoms with Crippen LogP contribution in [0, 0.1) is 11.6 Å². The highest BCUT2D eigenvalue weighted by Crippen LogP contribution is 2.30. The summed E-state index contributed by atoms with van der Waals surface area (Å²) in [4.78, 5) is 4.12. The molecule has 1 aliphatic rings. The van der Waals surface area contributed by atoms with Gasteiger partial charge < -0.3 is 9.47 Å². The van der Waals surface area contributed by atoms with Crippen molar-refractivity contribution in [2.45, 2.75) is 0 Å². The van der Waals surface area contributed by atoms with Gasteiger partial charge in [-0.2, -0.15) is 0 Å². The van der Waals surface area contributed by atoms with Crippen molar-refractivity contribution in [3.8, 4) is 16.9 Å². The summed E-state index contributed by atoms with van der Waals surface area (Å²) in [6.07, 6.45) is 0. The van der Waals surface area contributed by atoms with Crippen molar-refractivity contribution >= 4 is 5.90 Å². The summed E-state index contributed by atoms with van der Waals surface area (Å²) in [7, 11) is 1.56.